The minimum Gasteiger partial charge on any atom is -0.477 e. The molecule has 0 atom stereocenters. The zero-order valence-electron chi connectivity index (χ0n) is 11.3. The lowest BCUT2D eigenvalue weighted by Gasteiger charge is -2.11. The summed E-state index contributed by atoms with van der Waals surface area (Å²) in [5, 5.41) is 9.60. The van der Waals surface area contributed by atoms with E-state index in [0.29, 0.717) is 28.2 Å². The molecule has 20 heavy (non-hydrogen) atoms. The topological polar surface area (TPSA) is 72.2 Å². The van der Waals surface area contributed by atoms with Crippen LogP contribution in [0.3, 0.4) is 0 Å². The van der Waals surface area contributed by atoms with Gasteiger partial charge in [0.25, 0.3) is 5.56 Å². The number of carboxylic acid groups (broad SMARTS) is 1. The van der Waals surface area contributed by atoms with Crippen LogP contribution in [0.1, 0.15) is 40.9 Å². The maximum atomic E-state index is 12.5. The number of thiophene rings is 1. The predicted molar refractivity (Wildman–Crippen MR) is 77.5 cm³/mol. The predicted octanol–water partition coefficient (Wildman–Crippen LogP) is 2.65. The van der Waals surface area contributed by atoms with Crippen molar-refractivity contribution in [2.24, 2.45) is 5.92 Å². The Morgan fingerprint density at radius 3 is 2.85 bits per heavy atom. The molecule has 3 rings (SSSR count). The number of aromatic nitrogens is 2. The Morgan fingerprint density at radius 1 is 1.50 bits per heavy atom. The molecule has 6 heteroatoms. The van der Waals surface area contributed by atoms with Crippen molar-refractivity contribution in [1.29, 1.82) is 0 Å². The van der Waals surface area contributed by atoms with Gasteiger partial charge < -0.3 is 5.11 Å². The van der Waals surface area contributed by atoms with Crippen molar-refractivity contribution < 1.29 is 9.90 Å². The van der Waals surface area contributed by atoms with E-state index in [1.165, 1.54) is 12.8 Å². The van der Waals surface area contributed by atoms with Crippen LogP contribution >= 0.6 is 11.3 Å². The number of carbonyl (C=O) groups is 1. The molecule has 1 saturated carbocycles. The van der Waals surface area contributed by atoms with E-state index in [2.05, 4.69) is 4.98 Å². The first-order valence-corrected chi connectivity index (χ1v) is 7.61. The summed E-state index contributed by atoms with van der Waals surface area (Å²) < 4.78 is 1.64. The SMILES string of the molecule is Cc1c(C(=O)O)sc2ncn(CC3CCCC3)c(=O)c12. The largest absolute Gasteiger partial charge is 0.477 e. The molecule has 1 aliphatic rings. The fourth-order valence-electron chi connectivity index (χ4n) is 2.96. The molecular weight excluding hydrogens is 276 g/mol. The second-order valence-corrected chi connectivity index (χ2v) is 6.39. The molecule has 5 nitrogen and oxygen atoms in total. The molecular formula is C14H16N2O3S. The van der Waals surface area contributed by atoms with Gasteiger partial charge >= 0.3 is 5.97 Å². The van der Waals surface area contributed by atoms with Gasteiger partial charge in [-0.25, -0.2) is 9.78 Å². The molecule has 0 radical (unpaired) electrons. The highest BCUT2D eigenvalue weighted by atomic mass is 32.1. The second-order valence-electron chi connectivity index (χ2n) is 5.39. The number of aromatic carboxylic acids is 1. The second kappa shape index (κ2) is 5.01. The van der Waals surface area contributed by atoms with Gasteiger partial charge in [-0.05, 0) is 31.2 Å². The van der Waals surface area contributed by atoms with Gasteiger partial charge in [-0.3, -0.25) is 9.36 Å². The van der Waals surface area contributed by atoms with E-state index in [1.807, 2.05) is 0 Å². The zero-order chi connectivity index (χ0) is 14.3. The summed E-state index contributed by atoms with van der Waals surface area (Å²) in [6.07, 6.45) is 6.34. The summed E-state index contributed by atoms with van der Waals surface area (Å²) in [6, 6.07) is 0. The third kappa shape index (κ3) is 2.14. The number of hydrogen-bond acceptors (Lipinski definition) is 4. The van der Waals surface area contributed by atoms with Crippen molar-refractivity contribution in [2.45, 2.75) is 39.2 Å². The Hall–Kier alpha value is -1.69. The van der Waals surface area contributed by atoms with Crippen LogP contribution in [0.2, 0.25) is 0 Å². The highest BCUT2D eigenvalue weighted by Gasteiger charge is 2.20. The summed E-state index contributed by atoms with van der Waals surface area (Å²) in [5.41, 5.74) is 0.430. The lowest BCUT2D eigenvalue weighted by Crippen LogP contribution is -2.23. The number of rotatable bonds is 3. The maximum Gasteiger partial charge on any atom is 0.346 e. The molecule has 2 heterocycles. The van der Waals surface area contributed by atoms with Crippen molar-refractivity contribution in [2.75, 3.05) is 0 Å². The molecule has 1 fully saturated rings. The zero-order valence-corrected chi connectivity index (χ0v) is 12.1. The average molecular weight is 292 g/mol. The van der Waals surface area contributed by atoms with Gasteiger partial charge in [-0.1, -0.05) is 12.8 Å². The van der Waals surface area contributed by atoms with Crippen LogP contribution in [0.5, 0.6) is 0 Å². The van der Waals surface area contributed by atoms with Crippen LogP contribution in [-0.2, 0) is 6.54 Å². The van der Waals surface area contributed by atoms with E-state index in [-0.39, 0.29) is 10.4 Å². The Labute approximate surface area is 119 Å². The normalized spacial score (nSPS) is 16.1. The van der Waals surface area contributed by atoms with E-state index in [1.54, 1.807) is 17.8 Å². The molecule has 0 saturated heterocycles. The molecule has 0 amide bonds. The van der Waals surface area contributed by atoms with Gasteiger partial charge in [-0.2, -0.15) is 0 Å². The number of hydrogen-bond donors (Lipinski definition) is 1. The van der Waals surface area contributed by atoms with Gasteiger partial charge in [-0.15, -0.1) is 11.3 Å². The lowest BCUT2D eigenvalue weighted by molar-refractivity contribution is 0.0701. The van der Waals surface area contributed by atoms with E-state index in [4.69, 9.17) is 5.11 Å². The Balaban J connectivity index is 2.07. The van der Waals surface area contributed by atoms with Crippen LogP contribution in [0.4, 0.5) is 0 Å². The highest BCUT2D eigenvalue weighted by molar-refractivity contribution is 7.20. The van der Waals surface area contributed by atoms with E-state index < -0.39 is 5.97 Å². The molecule has 1 N–H and O–H groups in total. The molecule has 1 aliphatic carbocycles. The molecule has 0 unspecified atom stereocenters. The fourth-order valence-corrected chi connectivity index (χ4v) is 3.94. The molecule has 2 aromatic rings. The van der Waals surface area contributed by atoms with Crippen LogP contribution in [-0.4, -0.2) is 20.6 Å². The summed E-state index contributed by atoms with van der Waals surface area (Å²) in [5.74, 6) is -0.447. The van der Waals surface area contributed by atoms with Crippen LogP contribution < -0.4 is 5.56 Å². The number of aryl methyl sites for hydroxylation is 1. The monoisotopic (exact) mass is 292 g/mol. The molecule has 0 bridgehead atoms. The van der Waals surface area contributed by atoms with Crippen molar-refractivity contribution in [3.05, 3.63) is 27.1 Å². The molecule has 106 valence electrons. The quantitative estimate of drug-likeness (QED) is 0.944. The van der Waals surface area contributed by atoms with Gasteiger partial charge in [0, 0.05) is 6.54 Å². The Morgan fingerprint density at radius 2 is 2.20 bits per heavy atom. The van der Waals surface area contributed by atoms with Crippen LogP contribution in [0.15, 0.2) is 11.1 Å². The number of carboxylic acids is 1. The first kappa shape index (κ1) is 13.3. The number of nitrogens with zero attached hydrogens (tertiary/aromatic N) is 2. The highest BCUT2D eigenvalue weighted by Crippen LogP contribution is 2.28. The van der Waals surface area contributed by atoms with Gasteiger partial charge in [0.2, 0.25) is 0 Å². The minimum atomic E-state index is -0.993. The van der Waals surface area contributed by atoms with E-state index in [9.17, 15) is 9.59 Å². The maximum absolute atomic E-state index is 12.5. The lowest BCUT2D eigenvalue weighted by atomic mass is 10.1. The van der Waals surface area contributed by atoms with Gasteiger partial charge in [0.1, 0.15) is 9.71 Å². The minimum absolute atomic E-state index is 0.108. The van der Waals surface area contributed by atoms with Crippen LogP contribution in [0.25, 0.3) is 10.2 Å². The third-order valence-corrected chi connectivity index (χ3v) is 5.23. The standard InChI is InChI=1S/C14H16N2O3S/c1-8-10-12(20-11(8)14(18)19)15-7-16(13(10)17)6-9-4-2-3-5-9/h7,9H,2-6H2,1H3,(H,18,19). The first-order chi connectivity index (χ1) is 9.58. The molecule has 0 aromatic carbocycles. The summed E-state index contributed by atoms with van der Waals surface area (Å²) in [6.45, 7) is 2.38. The van der Waals surface area contributed by atoms with Crippen LogP contribution in [0, 0.1) is 12.8 Å². The van der Waals surface area contributed by atoms with Crippen molar-refractivity contribution in [3.8, 4) is 0 Å². The van der Waals surface area contributed by atoms with Gasteiger partial charge in [0.05, 0.1) is 11.7 Å². The first-order valence-electron chi connectivity index (χ1n) is 6.79. The summed E-state index contributed by atoms with van der Waals surface area (Å²) >= 11 is 1.07. The Kier molecular flexibility index (Phi) is 3.33. The molecule has 2 aromatic heterocycles. The van der Waals surface area contributed by atoms with Crippen molar-refractivity contribution in [3.63, 3.8) is 0 Å². The summed E-state index contributed by atoms with van der Waals surface area (Å²) in [4.78, 5) is 28.6. The van der Waals surface area contributed by atoms with Gasteiger partial charge in [0.15, 0.2) is 0 Å². The Bertz CT molecular complexity index is 726. The number of fused-ring (bicyclic) bond motifs is 1. The average Bonchev–Trinajstić information content (AvgIpc) is 3.01. The van der Waals surface area contributed by atoms with E-state index >= 15 is 0 Å². The fraction of sp³-hybridized carbons (Fsp3) is 0.500. The molecule has 0 aliphatic heterocycles. The van der Waals surface area contributed by atoms with Crippen molar-refractivity contribution >= 4 is 27.5 Å². The third-order valence-electron chi connectivity index (χ3n) is 4.04. The molecule has 0 spiro atoms. The van der Waals surface area contributed by atoms with Crippen molar-refractivity contribution in [1.82, 2.24) is 9.55 Å². The summed E-state index contributed by atoms with van der Waals surface area (Å²) in [7, 11) is 0. The van der Waals surface area contributed by atoms with E-state index in [0.717, 1.165) is 24.2 Å². The smallest absolute Gasteiger partial charge is 0.346 e.